The molecule has 0 unspecified atom stereocenters. The van der Waals surface area contributed by atoms with Crippen LogP contribution in [0.3, 0.4) is 0 Å². The molecule has 0 spiro atoms. The summed E-state index contributed by atoms with van der Waals surface area (Å²) in [5.74, 6) is 0.198. The zero-order chi connectivity index (χ0) is 16.8. The number of fused-ring (bicyclic) bond motifs is 3. The molecule has 0 aliphatic carbocycles. The van der Waals surface area contributed by atoms with Crippen molar-refractivity contribution in [3.8, 4) is 17.1 Å². The maximum atomic E-state index is 14.1. The summed E-state index contributed by atoms with van der Waals surface area (Å²) in [7, 11) is 0. The number of rotatable bonds is 2. The number of nitrogens with zero attached hydrogens (tertiary/aromatic N) is 7. The predicted octanol–water partition coefficient (Wildman–Crippen LogP) is 2.66. The highest BCUT2D eigenvalue weighted by molar-refractivity contribution is 5.89. The van der Waals surface area contributed by atoms with Crippen molar-refractivity contribution in [2.24, 2.45) is 0 Å². The Morgan fingerprint density at radius 1 is 0.960 bits per heavy atom. The molecule has 0 atom stereocenters. The number of hydrogen-bond acceptors (Lipinski definition) is 5. The molecule has 0 fully saturated rings. The Morgan fingerprint density at radius 2 is 1.80 bits per heavy atom. The number of halogens is 1. The summed E-state index contributed by atoms with van der Waals surface area (Å²) in [5.41, 5.74) is 2.32. The van der Waals surface area contributed by atoms with Crippen molar-refractivity contribution in [2.45, 2.75) is 0 Å². The average molecular weight is 331 g/mol. The number of hydrogen-bond donors (Lipinski definition) is 0. The van der Waals surface area contributed by atoms with Crippen LogP contribution < -0.4 is 0 Å². The van der Waals surface area contributed by atoms with E-state index in [9.17, 15) is 4.39 Å². The van der Waals surface area contributed by atoms with E-state index in [2.05, 4.69) is 25.1 Å². The standard InChI is InChI=1S/C17H10FN7/c18-13-3-1-2-4-14(13)25-16-12(9-21-25)17-22-15(23-24(17)10-20-16)11-5-7-19-8-6-11/h1-10H. The average Bonchev–Trinajstić information content (AvgIpc) is 3.26. The molecule has 120 valence electrons. The van der Waals surface area contributed by atoms with Gasteiger partial charge in [0.25, 0.3) is 0 Å². The Morgan fingerprint density at radius 3 is 2.64 bits per heavy atom. The van der Waals surface area contributed by atoms with Crippen molar-refractivity contribution in [3.63, 3.8) is 0 Å². The maximum Gasteiger partial charge on any atom is 0.182 e. The Bertz CT molecular complexity index is 1210. The van der Waals surface area contributed by atoms with E-state index in [0.717, 1.165) is 5.56 Å². The summed E-state index contributed by atoms with van der Waals surface area (Å²) in [6, 6.07) is 10.1. The molecule has 25 heavy (non-hydrogen) atoms. The molecule has 5 aromatic rings. The van der Waals surface area contributed by atoms with E-state index >= 15 is 0 Å². The van der Waals surface area contributed by atoms with Crippen molar-refractivity contribution in [1.82, 2.24) is 34.3 Å². The lowest BCUT2D eigenvalue weighted by atomic mass is 10.2. The molecule has 0 aliphatic rings. The molecule has 4 aromatic heterocycles. The first-order valence-corrected chi connectivity index (χ1v) is 7.56. The van der Waals surface area contributed by atoms with Crippen LogP contribution in [0.25, 0.3) is 33.8 Å². The normalized spacial score (nSPS) is 11.4. The highest BCUT2D eigenvalue weighted by Crippen LogP contribution is 2.23. The van der Waals surface area contributed by atoms with Crippen molar-refractivity contribution in [2.75, 3.05) is 0 Å². The van der Waals surface area contributed by atoms with E-state index in [1.165, 1.54) is 10.7 Å². The van der Waals surface area contributed by atoms with Crippen LogP contribution in [-0.2, 0) is 0 Å². The molecular weight excluding hydrogens is 321 g/mol. The second kappa shape index (κ2) is 5.17. The van der Waals surface area contributed by atoms with E-state index in [1.807, 2.05) is 12.1 Å². The van der Waals surface area contributed by atoms with Crippen LogP contribution in [0.1, 0.15) is 0 Å². The molecule has 7 nitrogen and oxygen atoms in total. The summed E-state index contributed by atoms with van der Waals surface area (Å²) < 4.78 is 17.1. The van der Waals surface area contributed by atoms with E-state index in [-0.39, 0.29) is 5.82 Å². The van der Waals surface area contributed by atoms with Gasteiger partial charge in [-0.2, -0.15) is 5.10 Å². The minimum atomic E-state index is -0.367. The molecule has 0 N–H and O–H groups in total. The molecule has 5 rings (SSSR count). The van der Waals surface area contributed by atoms with Gasteiger partial charge in [-0.1, -0.05) is 12.1 Å². The summed E-state index contributed by atoms with van der Waals surface area (Å²) in [5, 5.41) is 9.41. The quantitative estimate of drug-likeness (QED) is 0.497. The van der Waals surface area contributed by atoms with Gasteiger partial charge in [0.15, 0.2) is 17.1 Å². The summed E-state index contributed by atoms with van der Waals surface area (Å²) in [6.45, 7) is 0. The summed E-state index contributed by atoms with van der Waals surface area (Å²) in [6.07, 6.45) is 6.54. The zero-order valence-corrected chi connectivity index (χ0v) is 12.8. The van der Waals surface area contributed by atoms with Crippen molar-refractivity contribution in [1.29, 1.82) is 0 Å². The molecular formula is C17H10FN7. The molecule has 0 radical (unpaired) electrons. The summed E-state index contributed by atoms with van der Waals surface area (Å²) in [4.78, 5) is 12.9. The van der Waals surface area contributed by atoms with Crippen LogP contribution in [-0.4, -0.2) is 34.3 Å². The maximum absolute atomic E-state index is 14.1. The SMILES string of the molecule is Fc1ccccc1-n1ncc2c1ncn1nc(-c3ccncc3)nc21. The van der Waals surface area contributed by atoms with Crippen molar-refractivity contribution < 1.29 is 4.39 Å². The molecule has 0 bridgehead atoms. The van der Waals surface area contributed by atoms with Gasteiger partial charge in [0.1, 0.15) is 17.8 Å². The molecule has 0 amide bonds. The smallest absolute Gasteiger partial charge is 0.182 e. The molecule has 0 saturated carbocycles. The predicted molar refractivity (Wildman–Crippen MR) is 88.6 cm³/mol. The Kier molecular flexibility index (Phi) is 2.84. The van der Waals surface area contributed by atoms with Crippen LogP contribution in [0.5, 0.6) is 0 Å². The van der Waals surface area contributed by atoms with Crippen molar-refractivity contribution >= 4 is 16.7 Å². The number of aromatic nitrogens is 7. The first kappa shape index (κ1) is 13.7. The second-order valence-corrected chi connectivity index (χ2v) is 5.43. The van der Waals surface area contributed by atoms with Gasteiger partial charge in [-0.15, -0.1) is 5.10 Å². The third-order valence-corrected chi connectivity index (χ3v) is 3.92. The Labute approximate surface area is 140 Å². The first-order chi connectivity index (χ1) is 12.3. The largest absolute Gasteiger partial charge is 0.265 e. The lowest BCUT2D eigenvalue weighted by molar-refractivity contribution is 0.612. The lowest BCUT2D eigenvalue weighted by Gasteiger charge is -2.03. The van der Waals surface area contributed by atoms with Crippen LogP contribution >= 0.6 is 0 Å². The van der Waals surface area contributed by atoms with Gasteiger partial charge >= 0.3 is 0 Å². The summed E-state index contributed by atoms with van der Waals surface area (Å²) >= 11 is 0. The number of pyridine rings is 1. The third kappa shape index (κ3) is 2.08. The van der Waals surface area contributed by atoms with Gasteiger partial charge in [-0.25, -0.2) is 23.6 Å². The van der Waals surface area contributed by atoms with Gasteiger partial charge in [-0.3, -0.25) is 4.98 Å². The minimum Gasteiger partial charge on any atom is -0.265 e. The topological polar surface area (TPSA) is 73.8 Å². The highest BCUT2D eigenvalue weighted by Gasteiger charge is 2.15. The van der Waals surface area contributed by atoms with Gasteiger partial charge in [0, 0.05) is 18.0 Å². The van der Waals surface area contributed by atoms with Gasteiger partial charge in [0.05, 0.1) is 11.6 Å². The van der Waals surface area contributed by atoms with E-state index < -0.39 is 0 Å². The molecule has 0 aliphatic heterocycles. The van der Waals surface area contributed by atoms with E-state index in [4.69, 9.17) is 0 Å². The lowest BCUT2D eigenvalue weighted by Crippen LogP contribution is -2.01. The Balaban J connectivity index is 1.74. The van der Waals surface area contributed by atoms with E-state index in [0.29, 0.717) is 28.2 Å². The third-order valence-electron chi connectivity index (χ3n) is 3.92. The van der Waals surface area contributed by atoms with Crippen LogP contribution in [0.4, 0.5) is 4.39 Å². The van der Waals surface area contributed by atoms with Crippen LogP contribution in [0, 0.1) is 5.82 Å². The van der Waals surface area contributed by atoms with Crippen LogP contribution in [0.2, 0.25) is 0 Å². The fourth-order valence-corrected chi connectivity index (χ4v) is 2.74. The van der Waals surface area contributed by atoms with E-state index in [1.54, 1.807) is 47.6 Å². The number of benzene rings is 1. The molecule has 1 aromatic carbocycles. The number of para-hydroxylation sites is 1. The molecule has 8 heteroatoms. The monoisotopic (exact) mass is 331 g/mol. The van der Waals surface area contributed by atoms with Gasteiger partial charge in [0.2, 0.25) is 0 Å². The van der Waals surface area contributed by atoms with Crippen LogP contribution in [0.15, 0.2) is 61.3 Å². The van der Waals surface area contributed by atoms with Crippen molar-refractivity contribution in [3.05, 3.63) is 67.1 Å². The second-order valence-electron chi connectivity index (χ2n) is 5.43. The highest BCUT2D eigenvalue weighted by atomic mass is 19.1. The van der Waals surface area contributed by atoms with Gasteiger partial charge < -0.3 is 0 Å². The first-order valence-electron chi connectivity index (χ1n) is 7.56. The minimum absolute atomic E-state index is 0.336. The molecule has 4 heterocycles. The van der Waals surface area contributed by atoms with Gasteiger partial charge in [-0.05, 0) is 24.3 Å². The fourth-order valence-electron chi connectivity index (χ4n) is 2.74. The Hall–Kier alpha value is -3.68. The molecule has 0 saturated heterocycles. The zero-order valence-electron chi connectivity index (χ0n) is 12.8. The fraction of sp³-hybridized carbons (Fsp3) is 0.